The van der Waals surface area contributed by atoms with Crippen molar-refractivity contribution in [1.29, 1.82) is 0 Å². The summed E-state index contributed by atoms with van der Waals surface area (Å²) in [6, 6.07) is 17.9. The second-order valence-electron chi connectivity index (χ2n) is 6.99. The van der Waals surface area contributed by atoms with Crippen LogP contribution in [0.25, 0.3) is 6.08 Å². The third kappa shape index (κ3) is 5.19. The average molecular weight is 466 g/mol. The molecule has 4 amide bonds. The summed E-state index contributed by atoms with van der Waals surface area (Å²) in [5.41, 5.74) is 1.31. The van der Waals surface area contributed by atoms with Gasteiger partial charge in [-0.15, -0.1) is 0 Å². The quantitative estimate of drug-likeness (QED) is 0.411. The van der Waals surface area contributed by atoms with E-state index in [2.05, 4.69) is 10.6 Å². The summed E-state index contributed by atoms with van der Waals surface area (Å²) in [4.78, 5) is 38.4. The van der Waals surface area contributed by atoms with Gasteiger partial charge in [0.05, 0.1) is 5.69 Å². The molecule has 1 fully saturated rings. The lowest BCUT2D eigenvalue weighted by atomic mass is 10.1. The molecular formula is C24H17ClFN3O4. The smallest absolute Gasteiger partial charge is 0.333 e. The van der Waals surface area contributed by atoms with Crippen LogP contribution in [0.15, 0.2) is 78.5 Å². The fraction of sp³-hybridized carbons (Fsp3) is 0.0417. The lowest BCUT2D eigenvalue weighted by molar-refractivity contribution is -0.118. The Kier molecular flexibility index (Phi) is 6.37. The summed E-state index contributed by atoms with van der Waals surface area (Å²) in [6.07, 6.45) is 1.47. The molecule has 166 valence electrons. The van der Waals surface area contributed by atoms with Crippen LogP contribution in [0.3, 0.4) is 0 Å². The highest BCUT2D eigenvalue weighted by atomic mass is 35.5. The molecule has 0 saturated carbocycles. The van der Waals surface area contributed by atoms with Crippen molar-refractivity contribution in [3.05, 3.63) is 94.9 Å². The van der Waals surface area contributed by atoms with Crippen LogP contribution in [-0.4, -0.2) is 24.5 Å². The topological polar surface area (TPSA) is 87.7 Å². The van der Waals surface area contributed by atoms with Gasteiger partial charge in [-0.25, -0.2) is 14.1 Å². The van der Waals surface area contributed by atoms with E-state index < -0.39 is 23.7 Å². The summed E-state index contributed by atoms with van der Waals surface area (Å²) in [7, 11) is 0. The summed E-state index contributed by atoms with van der Waals surface area (Å²) < 4.78 is 18.6. The third-order valence-electron chi connectivity index (χ3n) is 4.65. The van der Waals surface area contributed by atoms with Crippen molar-refractivity contribution in [3.8, 4) is 5.75 Å². The summed E-state index contributed by atoms with van der Waals surface area (Å²) >= 11 is 5.97. The molecule has 0 aromatic heterocycles. The first kappa shape index (κ1) is 22.0. The molecular weight excluding hydrogens is 449 g/mol. The Hall–Kier alpha value is -4.17. The fourth-order valence-corrected chi connectivity index (χ4v) is 3.33. The number of benzene rings is 3. The van der Waals surface area contributed by atoms with E-state index in [9.17, 15) is 18.8 Å². The van der Waals surface area contributed by atoms with Gasteiger partial charge in [-0.1, -0.05) is 35.9 Å². The maximum Gasteiger partial charge on any atom is 0.333 e. The number of carbonyl (C=O) groups excluding carboxylic acids is 3. The number of imide groups is 1. The van der Waals surface area contributed by atoms with E-state index in [0.717, 1.165) is 4.90 Å². The molecule has 0 aliphatic carbocycles. The zero-order chi connectivity index (χ0) is 23.4. The maximum absolute atomic E-state index is 13.0. The van der Waals surface area contributed by atoms with Gasteiger partial charge in [0.15, 0.2) is 6.61 Å². The van der Waals surface area contributed by atoms with E-state index in [4.69, 9.17) is 16.3 Å². The summed E-state index contributed by atoms with van der Waals surface area (Å²) in [5.74, 6) is -1.07. The van der Waals surface area contributed by atoms with Gasteiger partial charge in [0.1, 0.15) is 17.3 Å². The van der Waals surface area contributed by atoms with Gasteiger partial charge in [-0.2, -0.15) is 0 Å². The number of amides is 4. The number of urea groups is 1. The highest BCUT2D eigenvalue weighted by molar-refractivity contribution is 6.32. The molecule has 0 spiro atoms. The first-order valence-electron chi connectivity index (χ1n) is 9.80. The minimum Gasteiger partial charge on any atom is -0.483 e. The molecule has 0 radical (unpaired) electrons. The lowest BCUT2D eigenvalue weighted by Crippen LogP contribution is -2.30. The van der Waals surface area contributed by atoms with E-state index >= 15 is 0 Å². The van der Waals surface area contributed by atoms with Gasteiger partial charge in [0.25, 0.3) is 11.8 Å². The molecule has 2 N–H and O–H groups in total. The van der Waals surface area contributed by atoms with Crippen LogP contribution < -0.4 is 20.3 Å². The largest absolute Gasteiger partial charge is 0.483 e. The Morgan fingerprint density at radius 1 is 1.06 bits per heavy atom. The van der Waals surface area contributed by atoms with Gasteiger partial charge in [-0.3, -0.25) is 9.59 Å². The highest BCUT2D eigenvalue weighted by Gasteiger charge is 2.35. The van der Waals surface area contributed by atoms with E-state index in [0.29, 0.717) is 27.7 Å². The minimum atomic E-state index is -0.606. The molecule has 1 heterocycles. The molecule has 1 saturated heterocycles. The molecule has 0 unspecified atom stereocenters. The zero-order valence-electron chi connectivity index (χ0n) is 17.0. The third-order valence-corrected chi connectivity index (χ3v) is 4.89. The van der Waals surface area contributed by atoms with Gasteiger partial charge >= 0.3 is 6.03 Å². The van der Waals surface area contributed by atoms with Gasteiger partial charge in [-0.05, 0) is 54.6 Å². The fourth-order valence-electron chi connectivity index (χ4n) is 3.15. The molecule has 7 nitrogen and oxygen atoms in total. The molecule has 3 aromatic carbocycles. The number of ether oxygens (including phenoxy) is 1. The molecule has 0 atom stereocenters. The molecule has 33 heavy (non-hydrogen) atoms. The standard InChI is InChI=1S/C24H17ClFN3O4/c25-16-5-3-6-19(13-16)29-23(31)20(28-24(29)32)12-15-4-1-2-7-21(15)33-14-22(30)27-18-10-8-17(26)9-11-18/h1-13H,14H2,(H,27,30)(H,28,32)/b20-12-. The normalized spacial score (nSPS) is 14.4. The van der Waals surface area contributed by atoms with Crippen LogP contribution in [0.2, 0.25) is 5.02 Å². The van der Waals surface area contributed by atoms with Crippen molar-refractivity contribution >= 4 is 46.9 Å². The van der Waals surface area contributed by atoms with Gasteiger partial charge in [0.2, 0.25) is 0 Å². The lowest BCUT2D eigenvalue weighted by Gasteiger charge is -2.12. The highest BCUT2D eigenvalue weighted by Crippen LogP contribution is 2.27. The Labute approximate surface area is 193 Å². The number of hydrogen-bond donors (Lipinski definition) is 2. The molecule has 3 aromatic rings. The van der Waals surface area contributed by atoms with E-state index in [1.165, 1.54) is 36.4 Å². The number of rotatable bonds is 6. The van der Waals surface area contributed by atoms with Crippen LogP contribution in [-0.2, 0) is 9.59 Å². The second kappa shape index (κ2) is 9.54. The average Bonchev–Trinajstić information content (AvgIpc) is 3.07. The van der Waals surface area contributed by atoms with Crippen molar-refractivity contribution in [1.82, 2.24) is 5.32 Å². The zero-order valence-corrected chi connectivity index (χ0v) is 17.8. The van der Waals surface area contributed by atoms with Crippen LogP contribution in [0.1, 0.15) is 5.56 Å². The number of anilines is 2. The number of halogens is 2. The van der Waals surface area contributed by atoms with E-state index in [1.807, 2.05) is 0 Å². The second-order valence-corrected chi connectivity index (χ2v) is 7.43. The predicted octanol–water partition coefficient (Wildman–Crippen LogP) is 4.59. The molecule has 1 aliphatic heterocycles. The SMILES string of the molecule is O=C(COc1ccccc1/C=C1\NC(=O)N(c2cccc(Cl)c2)C1=O)Nc1ccc(F)cc1. The molecule has 4 rings (SSSR count). The maximum atomic E-state index is 13.0. The van der Waals surface area contributed by atoms with Crippen molar-refractivity contribution < 1.29 is 23.5 Å². The van der Waals surface area contributed by atoms with Gasteiger partial charge < -0.3 is 15.4 Å². The first-order chi connectivity index (χ1) is 15.9. The van der Waals surface area contributed by atoms with Crippen molar-refractivity contribution in [2.75, 3.05) is 16.8 Å². The Balaban J connectivity index is 1.48. The number of para-hydroxylation sites is 1. The summed E-state index contributed by atoms with van der Waals surface area (Å²) in [6.45, 7) is -0.313. The van der Waals surface area contributed by atoms with Crippen molar-refractivity contribution in [2.24, 2.45) is 0 Å². The number of nitrogens with zero attached hydrogens (tertiary/aromatic N) is 1. The van der Waals surface area contributed by atoms with Crippen LogP contribution >= 0.6 is 11.6 Å². The van der Waals surface area contributed by atoms with Crippen LogP contribution in [0, 0.1) is 5.82 Å². The van der Waals surface area contributed by atoms with Gasteiger partial charge in [0, 0.05) is 16.3 Å². The summed E-state index contributed by atoms with van der Waals surface area (Å²) in [5, 5.41) is 5.53. The minimum absolute atomic E-state index is 0.0480. The van der Waals surface area contributed by atoms with Crippen molar-refractivity contribution in [3.63, 3.8) is 0 Å². The predicted molar refractivity (Wildman–Crippen MR) is 122 cm³/mol. The van der Waals surface area contributed by atoms with E-state index in [1.54, 1.807) is 42.5 Å². The molecule has 9 heteroatoms. The number of nitrogens with one attached hydrogen (secondary N) is 2. The Morgan fingerprint density at radius 3 is 2.58 bits per heavy atom. The van der Waals surface area contributed by atoms with Crippen LogP contribution in [0.5, 0.6) is 5.75 Å². The number of hydrogen-bond acceptors (Lipinski definition) is 4. The molecule has 1 aliphatic rings. The first-order valence-corrected chi connectivity index (χ1v) is 10.2. The monoisotopic (exact) mass is 465 g/mol. The van der Waals surface area contributed by atoms with Crippen LogP contribution in [0.4, 0.5) is 20.6 Å². The molecule has 0 bridgehead atoms. The van der Waals surface area contributed by atoms with Crippen molar-refractivity contribution in [2.45, 2.75) is 0 Å². The number of carbonyl (C=O) groups is 3. The Bertz CT molecular complexity index is 1260. The van der Waals surface area contributed by atoms with E-state index in [-0.39, 0.29) is 12.3 Å². The Morgan fingerprint density at radius 2 is 1.82 bits per heavy atom.